The minimum Gasteiger partial charge on any atom is -0.397 e. The normalized spacial score (nSPS) is 18.7. The van der Waals surface area contributed by atoms with Crippen molar-refractivity contribution in [1.82, 2.24) is 0 Å². The summed E-state index contributed by atoms with van der Waals surface area (Å²) in [7, 11) is 0. The first-order valence-corrected chi connectivity index (χ1v) is 8.48. The van der Waals surface area contributed by atoms with Gasteiger partial charge < -0.3 is 5.73 Å². The molecule has 25 heavy (non-hydrogen) atoms. The average molecular weight is 347 g/mol. The zero-order chi connectivity index (χ0) is 18.1. The maximum Gasteiger partial charge on any atom is 0.0995 e. The van der Waals surface area contributed by atoms with Crippen LogP contribution in [0, 0.1) is 11.3 Å². The van der Waals surface area contributed by atoms with Crippen LogP contribution in [-0.4, -0.2) is 0 Å². The predicted octanol–water partition coefficient (Wildman–Crippen LogP) is 5.69. The summed E-state index contributed by atoms with van der Waals surface area (Å²) in [4.78, 5) is 0. The smallest absolute Gasteiger partial charge is 0.0995 e. The van der Waals surface area contributed by atoms with Crippen molar-refractivity contribution in [3.05, 3.63) is 100 Å². The van der Waals surface area contributed by atoms with Crippen LogP contribution in [0.2, 0.25) is 5.02 Å². The van der Waals surface area contributed by atoms with Crippen molar-refractivity contribution in [2.75, 3.05) is 5.73 Å². The first kappa shape index (κ1) is 17.1. The molecule has 2 aromatic rings. The van der Waals surface area contributed by atoms with Crippen LogP contribution >= 0.6 is 11.6 Å². The van der Waals surface area contributed by atoms with Gasteiger partial charge in [0.25, 0.3) is 0 Å². The van der Waals surface area contributed by atoms with Crippen molar-refractivity contribution in [2.24, 2.45) is 0 Å². The number of nitrogens with zero attached hydrogens (tertiary/aromatic N) is 1. The Labute approximate surface area is 153 Å². The van der Waals surface area contributed by atoms with Crippen LogP contribution in [0.3, 0.4) is 0 Å². The first-order valence-electron chi connectivity index (χ1n) is 8.10. The Morgan fingerprint density at radius 1 is 1.24 bits per heavy atom. The Balaban J connectivity index is 2.46. The zero-order valence-electron chi connectivity index (χ0n) is 14.1. The number of nitrogens with two attached hydrogens (primary N) is 1. The SMILES string of the molecule is C=C/C=C(\C=C)C1c2ccccc2C(C)c2c(Cl)c(N)cc(C#N)c21. The molecule has 0 saturated carbocycles. The highest BCUT2D eigenvalue weighted by Crippen LogP contribution is 2.51. The van der Waals surface area contributed by atoms with Gasteiger partial charge in [-0.25, -0.2) is 0 Å². The van der Waals surface area contributed by atoms with Gasteiger partial charge in [-0.15, -0.1) is 0 Å². The second-order valence-electron chi connectivity index (χ2n) is 6.16. The van der Waals surface area contributed by atoms with Crippen molar-refractivity contribution in [2.45, 2.75) is 18.8 Å². The molecule has 0 radical (unpaired) electrons. The number of halogens is 1. The summed E-state index contributed by atoms with van der Waals surface area (Å²) in [6.07, 6.45) is 5.48. The maximum absolute atomic E-state index is 9.73. The number of hydrogen-bond donors (Lipinski definition) is 1. The van der Waals surface area contributed by atoms with Crippen LogP contribution < -0.4 is 5.73 Å². The van der Waals surface area contributed by atoms with Gasteiger partial charge in [-0.3, -0.25) is 0 Å². The van der Waals surface area contributed by atoms with Crippen LogP contribution in [0.4, 0.5) is 5.69 Å². The van der Waals surface area contributed by atoms with E-state index in [0.29, 0.717) is 16.3 Å². The van der Waals surface area contributed by atoms with E-state index in [1.807, 2.05) is 24.3 Å². The number of nitrogen functional groups attached to an aromatic ring is 1. The van der Waals surface area contributed by atoms with Crippen LogP contribution in [-0.2, 0) is 0 Å². The molecule has 0 heterocycles. The second kappa shape index (κ2) is 6.63. The van der Waals surface area contributed by atoms with Crippen molar-refractivity contribution in [1.29, 1.82) is 5.26 Å². The highest BCUT2D eigenvalue weighted by molar-refractivity contribution is 6.34. The number of allylic oxidation sites excluding steroid dienone is 4. The molecule has 3 heteroatoms. The maximum atomic E-state index is 9.73. The van der Waals surface area contributed by atoms with Gasteiger partial charge in [0.05, 0.1) is 22.3 Å². The minimum atomic E-state index is -0.120. The number of anilines is 1. The summed E-state index contributed by atoms with van der Waals surface area (Å²) < 4.78 is 0. The van der Waals surface area contributed by atoms with E-state index in [9.17, 15) is 5.26 Å². The zero-order valence-corrected chi connectivity index (χ0v) is 14.8. The molecule has 2 aromatic carbocycles. The number of nitriles is 1. The summed E-state index contributed by atoms with van der Waals surface area (Å²) in [5.74, 6) is -0.0639. The summed E-state index contributed by atoms with van der Waals surface area (Å²) in [5.41, 5.74) is 12.3. The highest BCUT2D eigenvalue weighted by Gasteiger charge is 2.35. The Morgan fingerprint density at radius 3 is 2.52 bits per heavy atom. The van der Waals surface area contributed by atoms with Gasteiger partial charge in [-0.2, -0.15) is 5.26 Å². The van der Waals surface area contributed by atoms with E-state index in [4.69, 9.17) is 17.3 Å². The molecule has 0 aliphatic heterocycles. The molecule has 2 unspecified atom stereocenters. The fourth-order valence-corrected chi connectivity index (χ4v) is 4.11. The van der Waals surface area contributed by atoms with Gasteiger partial charge in [0.1, 0.15) is 0 Å². The first-order chi connectivity index (χ1) is 12.0. The molecule has 1 aliphatic rings. The van der Waals surface area contributed by atoms with E-state index in [0.717, 1.165) is 22.3 Å². The third-order valence-electron chi connectivity index (χ3n) is 4.87. The standard InChI is InChI=1S/C22H19ClN2/c1-4-8-14(5-2)20-17-10-7-6-9-16(17)13(3)19-21(20)15(12-24)11-18(25)22(19)23/h4-11,13,20H,1-2,25H2,3H3/b14-8+. The average Bonchev–Trinajstić information content (AvgIpc) is 2.63. The topological polar surface area (TPSA) is 49.8 Å². The molecule has 1 aliphatic carbocycles. The van der Waals surface area contributed by atoms with Crippen molar-refractivity contribution in [3.8, 4) is 6.07 Å². The van der Waals surface area contributed by atoms with Crippen LogP contribution in [0.1, 0.15) is 46.6 Å². The molecule has 124 valence electrons. The second-order valence-corrected chi connectivity index (χ2v) is 6.53. The molecule has 0 fully saturated rings. The minimum absolute atomic E-state index is 0.0559. The van der Waals surface area contributed by atoms with Gasteiger partial charge in [-0.05, 0) is 33.9 Å². The van der Waals surface area contributed by atoms with E-state index in [1.165, 1.54) is 5.56 Å². The monoisotopic (exact) mass is 346 g/mol. The van der Waals surface area contributed by atoms with Crippen molar-refractivity contribution in [3.63, 3.8) is 0 Å². The van der Waals surface area contributed by atoms with Crippen molar-refractivity contribution >= 4 is 17.3 Å². The van der Waals surface area contributed by atoms with Gasteiger partial charge in [0, 0.05) is 11.8 Å². The lowest BCUT2D eigenvalue weighted by molar-refractivity contribution is 0.792. The molecule has 0 spiro atoms. The quantitative estimate of drug-likeness (QED) is 0.573. The molecule has 0 saturated heterocycles. The molecule has 0 bridgehead atoms. The number of hydrogen-bond acceptors (Lipinski definition) is 2. The molecule has 2 N–H and O–H groups in total. The van der Waals surface area contributed by atoms with Crippen LogP contribution in [0.15, 0.2) is 67.3 Å². The molecular weight excluding hydrogens is 328 g/mol. The number of rotatable bonds is 3. The molecule has 2 atom stereocenters. The van der Waals surface area contributed by atoms with Gasteiger partial charge in [-0.1, -0.05) is 74.2 Å². The lowest BCUT2D eigenvalue weighted by atomic mass is 9.69. The van der Waals surface area contributed by atoms with Crippen LogP contribution in [0.5, 0.6) is 0 Å². The van der Waals surface area contributed by atoms with Gasteiger partial charge in [0.2, 0.25) is 0 Å². The Morgan fingerprint density at radius 2 is 1.92 bits per heavy atom. The van der Waals surface area contributed by atoms with E-state index in [2.05, 4.69) is 38.3 Å². The molecule has 0 aromatic heterocycles. The Bertz CT molecular complexity index is 947. The molecule has 0 amide bonds. The number of fused-ring (bicyclic) bond motifs is 2. The summed E-state index contributed by atoms with van der Waals surface area (Å²) in [5, 5.41) is 10.3. The van der Waals surface area contributed by atoms with Gasteiger partial charge in [0.15, 0.2) is 0 Å². The lowest BCUT2D eigenvalue weighted by Gasteiger charge is -2.35. The van der Waals surface area contributed by atoms with E-state index in [1.54, 1.807) is 12.1 Å². The fraction of sp³-hybridized carbons (Fsp3) is 0.136. The van der Waals surface area contributed by atoms with Gasteiger partial charge >= 0.3 is 0 Å². The third-order valence-corrected chi connectivity index (χ3v) is 5.29. The fourth-order valence-electron chi connectivity index (χ4n) is 3.79. The van der Waals surface area contributed by atoms with Crippen LogP contribution in [0.25, 0.3) is 0 Å². The summed E-state index contributed by atoms with van der Waals surface area (Å²) in [6, 6.07) is 12.2. The predicted molar refractivity (Wildman–Crippen MR) is 105 cm³/mol. The van der Waals surface area contributed by atoms with E-state index in [-0.39, 0.29) is 11.8 Å². The molecular formula is C22H19ClN2. The molecule has 2 nitrogen and oxygen atoms in total. The van der Waals surface area contributed by atoms with Crippen molar-refractivity contribution < 1.29 is 0 Å². The largest absolute Gasteiger partial charge is 0.397 e. The highest BCUT2D eigenvalue weighted by atomic mass is 35.5. The molecule has 3 rings (SSSR count). The van der Waals surface area contributed by atoms with E-state index >= 15 is 0 Å². The Hall–Kier alpha value is -2.76. The number of benzene rings is 2. The third kappa shape index (κ3) is 2.58. The van der Waals surface area contributed by atoms with E-state index < -0.39 is 0 Å². The summed E-state index contributed by atoms with van der Waals surface area (Å²) in [6.45, 7) is 9.87. The Kier molecular flexibility index (Phi) is 4.53. The lowest BCUT2D eigenvalue weighted by Crippen LogP contribution is -2.20. The summed E-state index contributed by atoms with van der Waals surface area (Å²) >= 11 is 6.59.